The highest BCUT2D eigenvalue weighted by atomic mass is 16.5. The van der Waals surface area contributed by atoms with E-state index in [2.05, 4.69) is 15.3 Å². The maximum atomic E-state index is 12.5. The highest BCUT2D eigenvalue weighted by Gasteiger charge is 2.30. The molecule has 2 aromatic rings. The zero-order valence-electron chi connectivity index (χ0n) is 17.2. The number of carbonyl (C=O) groups excluding carboxylic acids is 1. The van der Waals surface area contributed by atoms with Gasteiger partial charge in [-0.3, -0.25) is 4.79 Å². The lowest BCUT2D eigenvalue weighted by molar-refractivity contribution is 0.0863. The Morgan fingerprint density at radius 3 is 2.10 bits per heavy atom. The first-order valence-corrected chi connectivity index (χ1v) is 9.69. The summed E-state index contributed by atoms with van der Waals surface area (Å²) in [5, 5.41) is 2.89. The van der Waals surface area contributed by atoms with Crippen molar-refractivity contribution in [2.75, 3.05) is 21.3 Å². The minimum absolute atomic E-state index is 0.119. The van der Waals surface area contributed by atoms with Crippen molar-refractivity contribution in [3.05, 3.63) is 41.5 Å². The van der Waals surface area contributed by atoms with E-state index in [0.717, 1.165) is 43.2 Å². The van der Waals surface area contributed by atoms with Gasteiger partial charge in [-0.1, -0.05) is 6.42 Å². The van der Waals surface area contributed by atoms with E-state index in [0.29, 0.717) is 23.7 Å². The van der Waals surface area contributed by atoms with E-state index in [9.17, 15) is 4.79 Å². The summed E-state index contributed by atoms with van der Waals surface area (Å²) in [5.74, 6) is 1.49. The Morgan fingerprint density at radius 2 is 1.59 bits per heavy atom. The normalized spacial score (nSPS) is 15.4. The van der Waals surface area contributed by atoms with Crippen LogP contribution in [0.3, 0.4) is 0 Å². The van der Waals surface area contributed by atoms with E-state index in [-0.39, 0.29) is 11.7 Å². The zero-order chi connectivity index (χ0) is 20.9. The Morgan fingerprint density at radius 1 is 1.00 bits per heavy atom. The first-order valence-electron chi connectivity index (χ1n) is 9.69. The van der Waals surface area contributed by atoms with E-state index >= 15 is 0 Å². The van der Waals surface area contributed by atoms with Crippen LogP contribution < -0.4 is 25.3 Å². The second kappa shape index (κ2) is 9.09. The monoisotopic (exact) mass is 400 g/mol. The lowest BCUT2D eigenvalue weighted by atomic mass is 9.90. The first kappa shape index (κ1) is 20.9. The lowest BCUT2D eigenvalue weighted by Crippen LogP contribution is -2.57. The van der Waals surface area contributed by atoms with Crippen LogP contribution in [0.2, 0.25) is 0 Å². The second-order valence-corrected chi connectivity index (χ2v) is 7.30. The third kappa shape index (κ3) is 4.95. The van der Waals surface area contributed by atoms with Gasteiger partial charge in [0, 0.05) is 18.8 Å². The number of ether oxygens (including phenoxy) is 3. The Labute approximate surface area is 170 Å². The average Bonchev–Trinajstić information content (AvgIpc) is 2.73. The van der Waals surface area contributed by atoms with Gasteiger partial charge in [-0.05, 0) is 48.9 Å². The molecular weight excluding hydrogens is 372 g/mol. The second-order valence-electron chi connectivity index (χ2n) is 7.30. The Bertz CT molecular complexity index is 823. The summed E-state index contributed by atoms with van der Waals surface area (Å²) in [7, 11) is 4.72. The van der Waals surface area contributed by atoms with Gasteiger partial charge in [-0.15, -0.1) is 0 Å². The number of benzene rings is 1. The molecule has 3 rings (SSSR count). The predicted octanol–water partition coefficient (Wildman–Crippen LogP) is 2.44. The number of nitrogens with one attached hydrogen (secondary N) is 1. The molecule has 29 heavy (non-hydrogen) atoms. The molecule has 1 saturated carbocycles. The summed E-state index contributed by atoms with van der Waals surface area (Å²) in [5.41, 5.74) is 7.43. The molecule has 0 radical (unpaired) electrons. The minimum Gasteiger partial charge on any atom is -0.493 e. The fraction of sp³-hybridized carbons (Fsp3) is 0.476. The molecular formula is C21H28N4O4. The molecule has 8 nitrogen and oxygen atoms in total. The van der Waals surface area contributed by atoms with Crippen LogP contribution in [-0.4, -0.2) is 42.9 Å². The predicted molar refractivity (Wildman–Crippen MR) is 108 cm³/mol. The average molecular weight is 400 g/mol. The van der Waals surface area contributed by atoms with Crippen LogP contribution in [0.1, 0.15) is 53.8 Å². The molecule has 8 heteroatoms. The summed E-state index contributed by atoms with van der Waals surface area (Å²) in [6.45, 7) is 0. The van der Waals surface area contributed by atoms with Gasteiger partial charge in [-0.2, -0.15) is 0 Å². The molecule has 0 aliphatic heterocycles. The van der Waals surface area contributed by atoms with E-state index in [1.807, 2.05) is 12.1 Å². The van der Waals surface area contributed by atoms with Crippen molar-refractivity contribution in [1.82, 2.24) is 15.3 Å². The molecule has 1 aromatic carbocycles. The highest BCUT2D eigenvalue weighted by molar-refractivity contribution is 5.90. The molecule has 1 amide bonds. The largest absolute Gasteiger partial charge is 0.493 e. The van der Waals surface area contributed by atoms with Crippen molar-refractivity contribution in [2.24, 2.45) is 5.73 Å². The van der Waals surface area contributed by atoms with Crippen molar-refractivity contribution in [3.63, 3.8) is 0 Å². The number of methoxy groups -OCH3 is 3. The van der Waals surface area contributed by atoms with Gasteiger partial charge >= 0.3 is 0 Å². The number of aromatic nitrogens is 2. The summed E-state index contributed by atoms with van der Waals surface area (Å²) >= 11 is 0. The Kier molecular flexibility index (Phi) is 6.53. The van der Waals surface area contributed by atoms with E-state index in [4.69, 9.17) is 19.9 Å². The van der Waals surface area contributed by atoms with Gasteiger partial charge < -0.3 is 25.3 Å². The molecule has 0 spiro atoms. The van der Waals surface area contributed by atoms with Gasteiger partial charge in [0.25, 0.3) is 5.91 Å². The molecule has 1 aliphatic carbocycles. The molecule has 0 saturated heterocycles. The molecule has 1 heterocycles. The molecule has 0 bridgehead atoms. The molecule has 3 N–H and O–H groups in total. The summed E-state index contributed by atoms with van der Waals surface area (Å²) in [6, 6.07) is 3.76. The van der Waals surface area contributed by atoms with Gasteiger partial charge in [-0.25, -0.2) is 9.97 Å². The Balaban J connectivity index is 1.71. The number of rotatable bonds is 7. The van der Waals surface area contributed by atoms with Crippen LogP contribution in [-0.2, 0) is 6.42 Å². The molecule has 1 aliphatic rings. The maximum Gasteiger partial charge on any atom is 0.290 e. The fourth-order valence-electron chi connectivity index (χ4n) is 3.63. The van der Waals surface area contributed by atoms with Crippen LogP contribution in [0.4, 0.5) is 0 Å². The van der Waals surface area contributed by atoms with Gasteiger partial charge in [0.1, 0.15) is 0 Å². The van der Waals surface area contributed by atoms with Crippen LogP contribution in [0.25, 0.3) is 0 Å². The zero-order valence-corrected chi connectivity index (χ0v) is 17.2. The Hall–Kier alpha value is -2.87. The van der Waals surface area contributed by atoms with Crippen LogP contribution in [0, 0.1) is 0 Å². The van der Waals surface area contributed by atoms with Gasteiger partial charge in [0.2, 0.25) is 11.6 Å². The van der Waals surface area contributed by atoms with Crippen LogP contribution >= 0.6 is 0 Å². The van der Waals surface area contributed by atoms with Crippen molar-refractivity contribution in [3.8, 4) is 17.2 Å². The quantitative estimate of drug-likeness (QED) is 0.687. The maximum absolute atomic E-state index is 12.5. The smallest absolute Gasteiger partial charge is 0.290 e. The van der Waals surface area contributed by atoms with Gasteiger partial charge in [0.15, 0.2) is 11.5 Å². The van der Waals surface area contributed by atoms with Crippen LogP contribution in [0.5, 0.6) is 17.2 Å². The number of hydrogen-bond donors (Lipinski definition) is 2. The topological polar surface area (TPSA) is 109 Å². The third-order valence-corrected chi connectivity index (χ3v) is 5.15. The first-order chi connectivity index (χ1) is 14.0. The van der Waals surface area contributed by atoms with Crippen molar-refractivity contribution in [2.45, 2.75) is 44.2 Å². The number of hydrogen-bond acceptors (Lipinski definition) is 7. The lowest BCUT2D eigenvalue weighted by Gasteiger charge is -2.33. The van der Waals surface area contributed by atoms with E-state index in [1.54, 1.807) is 33.7 Å². The summed E-state index contributed by atoms with van der Waals surface area (Å²) in [6.07, 6.45) is 8.59. The minimum atomic E-state index is -0.659. The van der Waals surface area contributed by atoms with E-state index < -0.39 is 5.66 Å². The van der Waals surface area contributed by atoms with E-state index in [1.165, 1.54) is 0 Å². The number of carbonyl (C=O) groups is 1. The number of nitrogens with two attached hydrogens (primary N) is 1. The molecule has 1 aromatic heterocycles. The molecule has 1 fully saturated rings. The number of nitrogens with zero attached hydrogens (tertiary/aromatic N) is 2. The van der Waals surface area contributed by atoms with Crippen LogP contribution in [0.15, 0.2) is 24.5 Å². The molecule has 156 valence electrons. The molecule has 0 unspecified atom stereocenters. The van der Waals surface area contributed by atoms with Crippen molar-refractivity contribution >= 4 is 5.91 Å². The molecule has 0 atom stereocenters. The SMILES string of the molecule is COc1cc(Cc2cnc(C(=O)NC3(N)CCCCC3)nc2)cc(OC)c1OC. The summed E-state index contributed by atoms with van der Waals surface area (Å²) in [4.78, 5) is 20.9. The standard InChI is InChI=1S/C21H28N4O4/c1-27-16-10-14(11-17(28-2)18(16)29-3)9-15-12-23-19(24-13-15)20(26)25-21(22)7-5-4-6-8-21/h10-13H,4-9,22H2,1-3H3,(H,25,26). The highest BCUT2D eigenvalue weighted by Crippen LogP contribution is 2.38. The third-order valence-electron chi connectivity index (χ3n) is 5.15. The number of amides is 1. The fourth-order valence-corrected chi connectivity index (χ4v) is 3.63. The van der Waals surface area contributed by atoms with Gasteiger partial charge in [0.05, 0.1) is 27.0 Å². The van der Waals surface area contributed by atoms with Crippen molar-refractivity contribution < 1.29 is 19.0 Å². The summed E-state index contributed by atoms with van der Waals surface area (Å²) < 4.78 is 16.1. The van der Waals surface area contributed by atoms with Crippen molar-refractivity contribution in [1.29, 1.82) is 0 Å².